The first-order chi connectivity index (χ1) is 12.7. The van der Waals surface area contributed by atoms with Crippen molar-refractivity contribution < 1.29 is 9.13 Å². The molecule has 0 aliphatic carbocycles. The zero-order valence-electron chi connectivity index (χ0n) is 13.8. The molecule has 0 fully saturated rings. The summed E-state index contributed by atoms with van der Waals surface area (Å²) in [4.78, 5) is 17.5. The second-order valence-electron chi connectivity index (χ2n) is 5.52. The fourth-order valence-electron chi connectivity index (χ4n) is 2.58. The average molecular weight is 367 g/mol. The van der Waals surface area contributed by atoms with E-state index in [0.717, 1.165) is 11.3 Å². The summed E-state index contributed by atoms with van der Waals surface area (Å²) in [5, 5.41) is 4.26. The SMILES string of the molecule is CCOc1ccccc1/C=c1\sc2nc(-c3ccc(F)cc3)nn2c1=O. The van der Waals surface area contributed by atoms with Crippen LogP contribution in [0.15, 0.2) is 53.3 Å². The van der Waals surface area contributed by atoms with Gasteiger partial charge in [0.15, 0.2) is 5.82 Å². The maximum absolute atomic E-state index is 13.1. The third kappa shape index (κ3) is 2.97. The van der Waals surface area contributed by atoms with Crippen molar-refractivity contribution >= 4 is 22.4 Å². The highest BCUT2D eigenvalue weighted by molar-refractivity contribution is 7.15. The Morgan fingerprint density at radius 3 is 2.69 bits per heavy atom. The molecule has 0 aliphatic rings. The predicted molar refractivity (Wildman–Crippen MR) is 98.9 cm³/mol. The van der Waals surface area contributed by atoms with Gasteiger partial charge in [0.25, 0.3) is 5.56 Å². The summed E-state index contributed by atoms with van der Waals surface area (Å²) in [5.41, 5.74) is 1.25. The zero-order chi connectivity index (χ0) is 18.1. The minimum atomic E-state index is -0.330. The molecule has 0 N–H and O–H groups in total. The van der Waals surface area contributed by atoms with Crippen LogP contribution in [0.4, 0.5) is 4.39 Å². The number of thiazole rings is 1. The Morgan fingerprint density at radius 1 is 1.19 bits per heavy atom. The van der Waals surface area contributed by atoms with Gasteiger partial charge in [0.05, 0.1) is 11.1 Å². The van der Waals surface area contributed by atoms with E-state index in [1.54, 1.807) is 18.2 Å². The molecule has 0 aliphatic heterocycles. The van der Waals surface area contributed by atoms with Gasteiger partial charge in [-0.25, -0.2) is 4.39 Å². The van der Waals surface area contributed by atoms with Crippen molar-refractivity contribution in [2.24, 2.45) is 0 Å². The van der Waals surface area contributed by atoms with Crippen molar-refractivity contribution in [1.82, 2.24) is 14.6 Å². The Bertz CT molecular complexity index is 1180. The van der Waals surface area contributed by atoms with Gasteiger partial charge in [-0.05, 0) is 43.3 Å². The van der Waals surface area contributed by atoms with Crippen LogP contribution in [0.5, 0.6) is 5.75 Å². The minimum Gasteiger partial charge on any atom is -0.493 e. The third-order valence-electron chi connectivity index (χ3n) is 3.79. The van der Waals surface area contributed by atoms with Gasteiger partial charge < -0.3 is 4.74 Å². The number of benzene rings is 2. The van der Waals surface area contributed by atoms with Gasteiger partial charge >= 0.3 is 0 Å². The second-order valence-corrected chi connectivity index (χ2v) is 6.53. The number of halogens is 1. The van der Waals surface area contributed by atoms with Crippen LogP contribution in [0.1, 0.15) is 12.5 Å². The maximum atomic E-state index is 13.1. The van der Waals surface area contributed by atoms with E-state index in [1.807, 2.05) is 31.2 Å². The molecule has 2 heterocycles. The fourth-order valence-corrected chi connectivity index (χ4v) is 3.48. The van der Waals surface area contributed by atoms with Crippen LogP contribution in [0.2, 0.25) is 0 Å². The summed E-state index contributed by atoms with van der Waals surface area (Å²) >= 11 is 1.26. The number of aromatic nitrogens is 3. The highest BCUT2D eigenvalue weighted by Gasteiger charge is 2.12. The lowest BCUT2D eigenvalue weighted by atomic mass is 10.2. The standard InChI is InChI=1S/C19H14FN3O2S/c1-2-25-15-6-4-3-5-13(15)11-16-18(24)23-19(26-16)21-17(22-23)12-7-9-14(20)10-8-12/h3-11H,2H2,1H3/b16-11-. The molecule has 5 nitrogen and oxygen atoms in total. The van der Waals surface area contributed by atoms with Crippen LogP contribution in [0.3, 0.4) is 0 Å². The Hall–Kier alpha value is -3.06. The molecule has 2 aromatic heterocycles. The maximum Gasteiger partial charge on any atom is 0.291 e. The summed E-state index contributed by atoms with van der Waals surface area (Å²) in [5.74, 6) is 0.791. The first-order valence-electron chi connectivity index (χ1n) is 8.05. The highest BCUT2D eigenvalue weighted by Crippen LogP contribution is 2.19. The summed E-state index contributed by atoms with van der Waals surface area (Å²) in [6.07, 6.45) is 1.78. The molecular formula is C19H14FN3O2S. The van der Waals surface area contributed by atoms with Gasteiger partial charge in [-0.15, -0.1) is 5.10 Å². The van der Waals surface area contributed by atoms with Crippen molar-refractivity contribution in [3.05, 3.63) is 74.8 Å². The molecule has 0 bridgehead atoms. The van der Waals surface area contributed by atoms with E-state index in [4.69, 9.17) is 4.74 Å². The summed E-state index contributed by atoms with van der Waals surface area (Å²) in [7, 11) is 0. The molecular weight excluding hydrogens is 353 g/mol. The van der Waals surface area contributed by atoms with Gasteiger partial charge in [-0.2, -0.15) is 9.50 Å². The van der Waals surface area contributed by atoms with Crippen LogP contribution in [0, 0.1) is 5.82 Å². The van der Waals surface area contributed by atoms with Crippen LogP contribution < -0.4 is 14.8 Å². The predicted octanol–water partition coefficient (Wildman–Crippen LogP) is 2.90. The van der Waals surface area contributed by atoms with E-state index in [1.165, 1.54) is 28.0 Å². The van der Waals surface area contributed by atoms with Gasteiger partial charge in [-0.1, -0.05) is 29.5 Å². The summed E-state index contributed by atoms with van der Waals surface area (Å²) in [6.45, 7) is 2.46. The van der Waals surface area contributed by atoms with Crippen molar-refractivity contribution in [1.29, 1.82) is 0 Å². The first-order valence-corrected chi connectivity index (χ1v) is 8.86. The van der Waals surface area contributed by atoms with Crippen molar-refractivity contribution in [2.75, 3.05) is 6.61 Å². The van der Waals surface area contributed by atoms with Gasteiger partial charge in [0.2, 0.25) is 4.96 Å². The molecule has 130 valence electrons. The fraction of sp³-hybridized carbons (Fsp3) is 0.105. The number of hydrogen-bond donors (Lipinski definition) is 0. The van der Waals surface area contributed by atoms with E-state index >= 15 is 0 Å². The normalized spacial score (nSPS) is 12.0. The lowest BCUT2D eigenvalue weighted by molar-refractivity contribution is 0.339. The number of rotatable bonds is 4. The Balaban J connectivity index is 1.79. The molecule has 0 radical (unpaired) electrons. The smallest absolute Gasteiger partial charge is 0.291 e. The van der Waals surface area contributed by atoms with E-state index < -0.39 is 0 Å². The van der Waals surface area contributed by atoms with Crippen LogP contribution in [0.25, 0.3) is 22.4 Å². The third-order valence-corrected chi connectivity index (χ3v) is 4.75. The topological polar surface area (TPSA) is 56.5 Å². The molecule has 0 amide bonds. The molecule has 0 unspecified atom stereocenters. The lowest BCUT2D eigenvalue weighted by Gasteiger charge is -2.05. The Kier molecular flexibility index (Phi) is 4.22. The average Bonchev–Trinajstić information content (AvgIpc) is 3.18. The number of fused-ring (bicyclic) bond motifs is 1. The Labute approximate surface area is 152 Å². The first kappa shape index (κ1) is 16.4. The molecule has 0 saturated heterocycles. The summed E-state index contributed by atoms with van der Waals surface area (Å²) in [6, 6.07) is 13.4. The quantitative estimate of drug-likeness (QED) is 0.557. The van der Waals surface area contributed by atoms with Gasteiger partial charge in [-0.3, -0.25) is 4.79 Å². The molecule has 0 saturated carbocycles. The molecule has 4 aromatic rings. The highest BCUT2D eigenvalue weighted by atomic mass is 32.1. The number of hydrogen-bond acceptors (Lipinski definition) is 5. The van der Waals surface area contributed by atoms with Crippen molar-refractivity contribution in [3.63, 3.8) is 0 Å². The van der Waals surface area contributed by atoms with E-state index in [0.29, 0.717) is 27.5 Å². The largest absolute Gasteiger partial charge is 0.493 e. The zero-order valence-corrected chi connectivity index (χ0v) is 14.7. The Morgan fingerprint density at radius 2 is 1.96 bits per heavy atom. The van der Waals surface area contributed by atoms with E-state index in [-0.39, 0.29) is 11.4 Å². The number of nitrogens with zero attached hydrogens (tertiary/aromatic N) is 3. The lowest BCUT2D eigenvalue weighted by Crippen LogP contribution is -2.23. The molecule has 7 heteroatoms. The minimum absolute atomic E-state index is 0.239. The van der Waals surface area contributed by atoms with Crippen LogP contribution >= 0.6 is 11.3 Å². The van der Waals surface area contributed by atoms with Gasteiger partial charge in [0, 0.05) is 11.1 Å². The second kappa shape index (κ2) is 6.68. The van der Waals surface area contributed by atoms with Crippen molar-refractivity contribution in [3.8, 4) is 17.1 Å². The van der Waals surface area contributed by atoms with E-state index in [2.05, 4.69) is 10.1 Å². The molecule has 0 spiro atoms. The molecule has 26 heavy (non-hydrogen) atoms. The molecule has 2 aromatic carbocycles. The van der Waals surface area contributed by atoms with Crippen LogP contribution in [-0.4, -0.2) is 21.2 Å². The molecule has 4 rings (SSSR count). The van der Waals surface area contributed by atoms with Crippen LogP contribution in [-0.2, 0) is 0 Å². The van der Waals surface area contributed by atoms with E-state index in [9.17, 15) is 9.18 Å². The summed E-state index contributed by atoms with van der Waals surface area (Å²) < 4.78 is 20.4. The molecule has 0 atom stereocenters. The monoisotopic (exact) mass is 367 g/mol. The van der Waals surface area contributed by atoms with Gasteiger partial charge in [0.1, 0.15) is 11.6 Å². The number of para-hydroxylation sites is 1. The van der Waals surface area contributed by atoms with Crippen molar-refractivity contribution in [2.45, 2.75) is 6.92 Å². The number of ether oxygens (including phenoxy) is 1.